The molecule has 2 aliphatic carbocycles. The van der Waals surface area contributed by atoms with E-state index < -0.39 is 11.6 Å². The van der Waals surface area contributed by atoms with Crippen LogP contribution in [0.2, 0.25) is 0 Å². The second-order valence-corrected chi connectivity index (χ2v) is 11.0. The van der Waals surface area contributed by atoms with Crippen molar-refractivity contribution in [2.75, 3.05) is 13.2 Å². The lowest BCUT2D eigenvalue weighted by atomic mass is 9.67. The molecular formula is C30H44F2O2. The second kappa shape index (κ2) is 12.5. The van der Waals surface area contributed by atoms with Gasteiger partial charge in [0.25, 0.3) is 0 Å². The summed E-state index contributed by atoms with van der Waals surface area (Å²) in [5.74, 6) is 1.67. The van der Waals surface area contributed by atoms with Crippen LogP contribution >= 0.6 is 0 Å². The molecular weight excluding hydrogens is 430 g/mol. The number of hydrogen-bond acceptors (Lipinski definition) is 2. The van der Waals surface area contributed by atoms with E-state index in [1.807, 2.05) is 0 Å². The van der Waals surface area contributed by atoms with Crippen molar-refractivity contribution in [2.24, 2.45) is 23.7 Å². The van der Waals surface area contributed by atoms with E-state index in [-0.39, 0.29) is 11.7 Å². The van der Waals surface area contributed by atoms with Crippen LogP contribution in [0.4, 0.5) is 8.78 Å². The second-order valence-electron chi connectivity index (χ2n) is 11.0. The number of allylic oxidation sites excluding steroid dienone is 2. The third-order valence-electron chi connectivity index (χ3n) is 8.98. The predicted octanol–water partition coefficient (Wildman–Crippen LogP) is 8.60. The van der Waals surface area contributed by atoms with Crippen molar-refractivity contribution in [3.63, 3.8) is 0 Å². The van der Waals surface area contributed by atoms with E-state index in [2.05, 4.69) is 19.1 Å². The van der Waals surface area contributed by atoms with Crippen LogP contribution in [0.25, 0.3) is 0 Å². The van der Waals surface area contributed by atoms with Gasteiger partial charge in [0, 0.05) is 6.61 Å². The van der Waals surface area contributed by atoms with Crippen molar-refractivity contribution in [2.45, 2.75) is 103 Å². The molecule has 190 valence electrons. The third kappa shape index (κ3) is 6.22. The van der Waals surface area contributed by atoms with Gasteiger partial charge in [0.2, 0.25) is 5.82 Å². The molecule has 2 saturated carbocycles. The van der Waals surface area contributed by atoms with E-state index >= 15 is 0 Å². The molecule has 0 aromatic heterocycles. The molecule has 3 fully saturated rings. The fraction of sp³-hybridized carbons (Fsp3) is 0.733. The molecule has 3 aliphatic rings. The lowest BCUT2D eigenvalue weighted by Crippen LogP contribution is -2.35. The minimum Gasteiger partial charge on any atom is -0.491 e. The van der Waals surface area contributed by atoms with Crippen molar-refractivity contribution in [3.05, 3.63) is 41.5 Å². The van der Waals surface area contributed by atoms with Crippen LogP contribution in [-0.2, 0) is 4.74 Å². The predicted molar refractivity (Wildman–Crippen MR) is 134 cm³/mol. The number of ether oxygens (including phenoxy) is 2. The van der Waals surface area contributed by atoms with Crippen LogP contribution in [0.3, 0.4) is 0 Å². The Bertz CT molecular complexity index is 783. The van der Waals surface area contributed by atoms with Gasteiger partial charge in [-0.2, -0.15) is 4.39 Å². The lowest BCUT2D eigenvalue weighted by molar-refractivity contribution is -0.0614. The molecule has 0 radical (unpaired) electrons. The molecule has 1 aromatic carbocycles. The zero-order valence-corrected chi connectivity index (χ0v) is 21.2. The maximum Gasteiger partial charge on any atom is 0.200 e. The average Bonchev–Trinajstić information content (AvgIpc) is 2.88. The molecule has 1 aromatic rings. The quantitative estimate of drug-likeness (QED) is 0.351. The lowest BCUT2D eigenvalue weighted by Gasteiger charge is -2.41. The molecule has 4 heteroatoms. The molecule has 1 saturated heterocycles. The summed E-state index contributed by atoms with van der Waals surface area (Å²) in [4.78, 5) is 0. The number of rotatable bonds is 8. The van der Waals surface area contributed by atoms with Gasteiger partial charge in [-0.3, -0.25) is 0 Å². The van der Waals surface area contributed by atoms with E-state index in [4.69, 9.17) is 9.47 Å². The summed E-state index contributed by atoms with van der Waals surface area (Å²) in [5.41, 5.74) is 0.543. The molecule has 2 atom stereocenters. The summed E-state index contributed by atoms with van der Waals surface area (Å²) < 4.78 is 40.6. The van der Waals surface area contributed by atoms with Crippen LogP contribution in [0.1, 0.15) is 102 Å². The topological polar surface area (TPSA) is 18.5 Å². The summed E-state index contributed by atoms with van der Waals surface area (Å²) in [6.07, 6.45) is 19.4. The Hall–Kier alpha value is -1.42. The molecule has 1 aliphatic heterocycles. The number of hydrogen-bond donors (Lipinski definition) is 0. The first kappa shape index (κ1) is 25.7. The Morgan fingerprint density at radius 1 is 0.882 bits per heavy atom. The first-order chi connectivity index (χ1) is 16.6. The minimum atomic E-state index is -0.825. The number of benzene rings is 1. The molecule has 34 heavy (non-hydrogen) atoms. The van der Waals surface area contributed by atoms with Gasteiger partial charge in [-0.25, -0.2) is 4.39 Å². The summed E-state index contributed by atoms with van der Waals surface area (Å²) in [6.45, 7) is 5.17. The fourth-order valence-electron chi connectivity index (χ4n) is 6.94. The van der Waals surface area contributed by atoms with Crippen molar-refractivity contribution >= 4 is 0 Å². The van der Waals surface area contributed by atoms with Crippen LogP contribution in [0.15, 0.2) is 24.3 Å². The normalized spacial score (nSPS) is 32.7. The van der Waals surface area contributed by atoms with Gasteiger partial charge in [-0.15, -0.1) is 0 Å². The van der Waals surface area contributed by atoms with Crippen LogP contribution in [-0.4, -0.2) is 19.3 Å². The zero-order valence-electron chi connectivity index (χ0n) is 21.2. The van der Waals surface area contributed by atoms with Crippen molar-refractivity contribution < 1.29 is 18.3 Å². The van der Waals surface area contributed by atoms with Gasteiger partial charge < -0.3 is 9.47 Å². The average molecular weight is 475 g/mol. The summed E-state index contributed by atoms with van der Waals surface area (Å²) in [5, 5.41) is 0. The van der Waals surface area contributed by atoms with Gasteiger partial charge in [-0.1, -0.05) is 18.2 Å². The monoisotopic (exact) mass is 474 g/mol. The molecule has 2 nitrogen and oxygen atoms in total. The molecule has 4 rings (SSSR count). The van der Waals surface area contributed by atoms with Crippen LogP contribution < -0.4 is 4.74 Å². The van der Waals surface area contributed by atoms with E-state index in [1.165, 1.54) is 51.4 Å². The Kier molecular flexibility index (Phi) is 9.45. The molecule has 2 unspecified atom stereocenters. The van der Waals surface area contributed by atoms with Crippen LogP contribution in [0.5, 0.6) is 5.75 Å². The first-order valence-electron chi connectivity index (χ1n) is 13.9. The van der Waals surface area contributed by atoms with Gasteiger partial charge in [-0.05, 0) is 132 Å². The largest absolute Gasteiger partial charge is 0.491 e. The van der Waals surface area contributed by atoms with E-state index in [1.54, 1.807) is 19.1 Å². The summed E-state index contributed by atoms with van der Waals surface area (Å²) >= 11 is 0. The fourth-order valence-corrected chi connectivity index (χ4v) is 6.94. The van der Waals surface area contributed by atoms with Gasteiger partial charge in [0.15, 0.2) is 11.6 Å². The zero-order chi connectivity index (χ0) is 23.9. The minimum absolute atomic E-state index is 0.0281. The highest BCUT2D eigenvalue weighted by Crippen LogP contribution is 2.46. The smallest absolute Gasteiger partial charge is 0.200 e. The van der Waals surface area contributed by atoms with Crippen molar-refractivity contribution in [1.29, 1.82) is 0 Å². The van der Waals surface area contributed by atoms with Gasteiger partial charge in [0.05, 0.1) is 12.7 Å². The van der Waals surface area contributed by atoms with E-state index in [9.17, 15) is 8.78 Å². The van der Waals surface area contributed by atoms with Crippen LogP contribution in [0, 0.1) is 35.3 Å². The highest BCUT2D eigenvalue weighted by molar-refractivity contribution is 5.33. The molecule has 0 spiro atoms. The Morgan fingerprint density at radius 3 is 2.18 bits per heavy atom. The standard InChI is InChI=1S/C30H44F2O2/c1-3-5-6-7-21-8-18-27(34-20-21)25-15-11-23(12-16-25)22-9-13-24(14-10-22)26-17-19-28(33-4-2)30(32)29(26)31/h3,5,17,19,21-25,27H,4,6-16,18,20H2,1-2H3. The Labute approximate surface area is 205 Å². The van der Waals surface area contributed by atoms with Crippen molar-refractivity contribution in [1.82, 2.24) is 0 Å². The van der Waals surface area contributed by atoms with Gasteiger partial charge in [0.1, 0.15) is 0 Å². The van der Waals surface area contributed by atoms with Gasteiger partial charge >= 0.3 is 0 Å². The summed E-state index contributed by atoms with van der Waals surface area (Å²) in [7, 11) is 0. The number of halogens is 2. The SMILES string of the molecule is CC=CCCC1CCC(C2CCC(C3CCC(c4ccc(OCC)c(F)c4F)CC3)CC2)OC1. The maximum absolute atomic E-state index is 14.7. The van der Waals surface area contributed by atoms with E-state index in [0.29, 0.717) is 18.3 Å². The molecule has 1 heterocycles. The first-order valence-corrected chi connectivity index (χ1v) is 13.9. The maximum atomic E-state index is 14.7. The Balaban J connectivity index is 1.20. The highest BCUT2D eigenvalue weighted by Gasteiger charge is 2.36. The molecule has 0 bridgehead atoms. The molecule has 0 N–H and O–H groups in total. The summed E-state index contributed by atoms with van der Waals surface area (Å²) in [6, 6.07) is 3.34. The van der Waals surface area contributed by atoms with E-state index in [0.717, 1.165) is 56.0 Å². The molecule has 0 amide bonds. The van der Waals surface area contributed by atoms with Crippen molar-refractivity contribution in [3.8, 4) is 5.75 Å². The third-order valence-corrected chi connectivity index (χ3v) is 8.98. The Morgan fingerprint density at radius 2 is 1.56 bits per heavy atom. The highest BCUT2D eigenvalue weighted by atomic mass is 19.2.